The number of rotatable bonds is 3. The van der Waals surface area contributed by atoms with Crippen molar-refractivity contribution in [2.45, 2.75) is 51.0 Å². The van der Waals surface area contributed by atoms with E-state index in [-0.39, 0.29) is 0 Å². The third-order valence-corrected chi connectivity index (χ3v) is 4.76. The summed E-state index contributed by atoms with van der Waals surface area (Å²) in [5, 5.41) is 12.2. The van der Waals surface area contributed by atoms with E-state index in [1.165, 1.54) is 6.42 Å². The zero-order chi connectivity index (χ0) is 13.2. The molecule has 1 aliphatic carbocycles. The van der Waals surface area contributed by atoms with Crippen molar-refractivity contribution in [2.75, 3.05) is 0 Å². The summed E-state index contributed by atoms with van der Waals surface area (Å²) in [6.45, 7) is 2.16. The minimum Gasteiger partial charge on any atom is -0.389 e. The SMILES string of the molecule is CCC1CCCCC1(O)Cc1ccc(Cl)cc1Cl. The molecular weight excluding hydrogens is 267 g/mol. The Morgan fingerprint density at radius 1 is 1.33 bits per heavy atom. The number of benzene rings is 1. The standard InChI is InChI=1S/C15H20Cl2O/c1-2-12-5-3-4-8-15(12,18)10-11-6-7-13(16)9-14(11)17/h6-7,9,12,18H,2-5,8,10H2,1H3. The summed E-state index contributed by atoms with van der Waals surface area (Å²) in [6.07, 6.45) is 6.01. The first kappa shape index (κ1) is 14.2. The van der Waals surface area contributed by atoms with Crippen LogP contribution in [0, 0.1) is 5.92 Å². The molecule has 1 aromatic carbocycles. The topological polar surface area (TPSA) is 20.2 Å². The first-order valence-electron chi connectivity index (χ1n) is 6.71. The summed E-state index contributed by atoms with van der Waals surface area (Å²) in [6, 6.07) is 5.53. The first-order chi connectivity index (χ1) is 8.55. The third-order valence-electron chi connectivity index (χ3n) is 4.18. The summed E-state index contributed by atoms with van der Waals surface area (Å²) in [5.41, 5.74) is 0.411. The van der Waals surface area contributed by atoms with Gasteiger partial charge in [0.1, 0.15) is 0 Å². The highest BCUT2D eigenvalue weighted by Gasteiger charge is 2.38. The van der Waals surface area contributed by atoms with Gasteiger partial charge >= 0.3 is 0 Å². The molecule has 100 valence electrons. The molecule has 0 heterocycles. The predicted octanol–water partition coefficient (Wildman–Crippen LogP) is 4.87. The Morgan fingerprint density at radius 2 is 2.11 bits per heavy atom. The molecule has 0 aliphatic heterocycles. The summed E-state index contributed by atoms with van der Waals surface area (Å²) in [7, 11) is 0. The van der Waals surface area contributed by atoms with Crippen LogP contribution in [-0.4, -0.2) is 10.7 Å². The lowest BCUT2D eigenvalue weighted by molar-refractivity contribution is -0.0491. The lowest BCUT2D eigenvalue weighted by atomic mass is 9.71. The molecule has 0 bridgehead atoms. The fourth-order valence-corrected chi connectivity index (χ4v) is 3.58. The van der Waals surface area contributed by atoms with Crippen molar-refractivity contribution in [3.63, 3.8) is 0 Å². The maximum Gasteiger partial charge on any atom is 0.0716 e. The average Bonchev–Trinajstić information content (AvgIpc) is 2.33. The maximum absolute atomic E-state index is 10.9. The van der Waals surface area contributed by atoms with Gasteiger partial charge in [0.15, 0.2) is 0 Å². The van der Waals surface area contributed by atoms with Gasteiger partial charge in [0.2, 0.25) is 0 Å². The summed E-state index contributed by atoms with van der Waals surface area (Å²) < 4.78 is 0. The van der Waals surface area contributed by atoms with Crippen LogP contribution in [0.15, 0.2) is 18.2 Å². The van der Waals surface area contributed by atoms with Gasteiger partial charge in [0, 0.05) is 16.5 Å². The van der Waals surface area contributed by atoms with Gasteiger partial charge in [-0.15, -0.1) is 0 Å². The molecule has 2 atom stereocenters. The van der Waals surface area contributed by atoms with Crippen LogP contribution < -0.4 is 0 Å². The van der Waals surface area contributed by atoms with E-state index in [0.717, 1.165) is 31.2 Å². The van der Waals surface area contributed by atoms with Gasteiger partial charge in [-0.05, 0) is 36.5 Å². The van der Waals surface area contributed by atoms with Crippen molar-refractivity contribution in [3.8, 4) is 0 Å². The quantitative estimate of drug-likeness (QED) is 0.841. The lowest BCUT2D eigenvalue weighted by Crippen LogP contribution is -2.42. The van der Waals surface area contributed by atoms with Crippen LogP contribution in [0.1, 0.15) is 44.6 Å². The normalized spacial score (nSPS) is 28.3. The molecule has 18 heavy (non-hydrogen) atoms. The van der Waals surface area contributed by atoms with Gasteiger partial charge in [-0.1, -0.05) is 55.5 Å². The zero-order valence-electron chi connectivity index (χ0n) is 10.8. The molecule has 1 aliphatic rings. The van der Waals surface area contributed by atoms with Gasteiger partial charge in [0.05, 0.1) is 5.60 Å². The summed E-state index contributed by atoms with van der Waals surface area (Å²) in [5.74, 6) is 0.387. The van der Waals surface area contributed by atoms with Crippen molar-refractivity contribution < 1.29 is 5.11 Å². The van der Waals surface area contributed by atoms with E-state index in [9.17, 15) is 5.11 Å². The Morgan fingerprint density at radius 3 is 2.78 bits per heavy atom. The van der Waals surface area contributed by atoms with Crippen molar-refractivity contribution in [1.82, 2.24) is 0 Å². The molecule has 1 fully saturated rings. The van der Waals surface area contributed by atoms with Crippen molar-refractivity contribution in [1.29, 1.82) is 0 Å². The molecule has 0 aromatic heterocycles. The average molecular weight is 287 g/mol. The van der Waals surface area contributed by atoms with Crippen LogP contribution >= 0.6 is 23.2 Å². The number of hydrogen-bond donors (Lipinski definition) is 1. The monoisotopic (exact) mass is 286 g/mol. The van der Waals surface area contributed by atoms with E-state index < -0.39 is 5.60 Å². The smallest absolute Gasteiger partial charge is 0.0716 e. The molecule has 2 rings (SSSR count). The third kappa shape index (κ3) is 3.01. The van der Waals surface area contributed by atoms with Crippen LogP contribution in [0.5, 0.6) is 0 Å². The minimum atomic E-state index is -0.593. The molecular formula is C15H20Cl2O. The second-order valence-electron chi connectivity index (χ2n) is 5.37. The highest BCUT2D eigenvalue weighted by Crippen LogP contribution is 2.39. The first-order valence-corrected chi connectivity index (χ1v) is 7.47. The Hall–Kier alpha value is -0.240. The fraction of sp³-hybridized carbons (Fsp3) is 0.600. The Balaban J connectivity index is 2.20. The molecule has 1 aromatic rings. The van der Waals surface area contributed by atoms with Gasteiger partial charge in [-0.3, -0.25) is 0 Å². The van der Waals surface area contributed by atoms with E-state index >= 15 is 0 Å². The number of aliphatic hydroxyl groups is 1. The number of hydrogen-bond acceptors (Lipinski definition) is 1. The molecule has 0 amide bonds. The van der Waals surface area contributed by atoms with Crippen LogP contribution in [0.3, 0.4) is 0 Å². The van der Waals surface area contributed by atoms with Crippen molar-refractivity contribution in [3.05, 3.63) is 33.8 Å². The lowest BCUT2D eigenvalue weighted by Gasteiger charge is -2.40. The molecule has 0 radical (unpaired) electrons. The zero-order valence-corrected chi connectivity index (χ0v) is 12.3. The predicted molar refractivity (Wildman–Crippen MR) is 77.4 cm³/mol. The second-order valence-corrected chi connectivity index (χ2v) is 6.21. The summed E-state index contributed by atoms with van der Waals surface area (Å²) >= 11 is 12.1. The summed E-state index contributed by atoms with van der Waals surface area (Å²) in [4.78, 5) is 0. The highest BCUT2D eigenvalue weighted by molar-refractivity contribution is 6.35. The molecule has 0 saturated heterocycles. The van der Waals surface area contributed by atoms with E-state index in [2.05, 4.69) is 6.92 Å². The van der Waals surface area contributed by atoms with Crippen LogP contribution in [0.25, 0.3) is 0 Å². The van der Waals surface area contributed by atoms with Crippen LogP contribution in [0.4, 0.5) is 0 Å². The largest absolute Gasteiger partial charge is 0.389 e. The highest BCUT2D eigenvalue weighted by atomic mass is 35.5. The molecule has 0 spiro atoms. The Kier molecular flexibility index (Phi) is 4.58. The minimum absolute atomic E-state index is 0.387. The Labute approximate surface area is 119 Å². The van der Waals surface area contributed by atoms with E-state index in [1.807, 2.05) is 12.1 Å². The van der Waals surface area contributed by atoms with Crippen molar-refractivity contribution in [2.24, 2.45) is 5.92 Å². The molecule has 1 saturated carbocycles. The van der Waals surface area contributed by atoms with E-state index in [1.54, 1.807) is 6.07 Å². The van der Waals surface area contributed by atoms with Gasteiger partial charge in [-0.2, -0.15) is 0 Å². The van der Waals surface area contributed by atoms with Gasteiger partial charge in [0.25, 0.3) is 0 Å². The van der Waals surface area contributed by atoms with Gasteiger partial charge in [-0.25, -0.2) is 0 Å². The second kappa shape index (κ2) is 5.81. The molecule has 1 N–H and O–H groups in total. The van der Waals surface area contributed by atoms with Crippen LogP contribution in [0.2, 0.25) is 10.0 Å². The van der Waals surface area contributed by atoms with E-state index in [4.69, 9.17) is 23.2 Å². The molecule has 2 unspecified atom stereocenters. The van der Waals surface area contributed by atoms with Crippen LogP contribution in [-0.2, 0) is 6.42 Å². The Bertz CT molecular complexity index is 419. The van der Waals surface area contributed by atoms with Crippen molar-refractivity contribution >= 4 is 23.2 Å². The fourth-order valence-electron chi connectivity index (χ4n) is 3.11. The van der Waals surface area contributed by atoms with E-state index in [0.29, 0.717) is 22.4 Å². The van der Waals surface area contributed by atoms with Gasteiger partial charge < -0.3 is 5.11 Å². The number of halogens is 2. The maximum atomic E-state index is 10.9. The molecule has 1 nitrogen and oxygen atoms in total. The molecule has 3 heteroatoms.